The number of nitrogens with zero attached hydrogens (tertiary/aromatic N) is 1. The molecule has 2 N–H and O–H groups in total. The van der Waals surface area contributed by atoms with Crippen LogP contribution in [0.4, 0.5) is 5.69 Å². The van der Waals surface area contributed by atoms with E-state index in [0.717, 1.165) is 80.9 Å². The van der Waals surface area contributed by atoms with Gasteiger partial charge in [0.05, 0.1) is 29.8 Å². The maximum Gasteiger partial charge on any atom is 0.333 e. The maximum absolute atomic E-state index is 13.1. The van der Waals surface area contributed by atoms with E-state index in [9.17, 15) is 13.2 Å². The number of carbonyl (C=O) groups is 1. The lowest BCUT2D eigenvalue weighted by Gasteiger charge is -2.24. The Morgan fingerprint density at radius 3 is 2.21 bits per heavy atom. The van der Waals surface area contributed by atoms with Gasteiger partial charge in [-0.25, -0.2) is 17.9 Å². The number of aliphatic carboxylic acids is 1. The minimum absolute atomic E-state index is 0.151. The highest BCUT2D eigenvalue weighted by Crippen LogP contribution is 2.30. The molecule has 3 rings (SSSR count). The summed E-state index contributed by atoms with van der Waals surface area (Å²) in [6, 6.07) is 11.3. The second-order valence-corrected chi connectivity index (χ2v) is 16.5. The van der Waals surface area contributed by atoms with Gasteiger partial charge in [-0.2, -0.15) is 0 Å². The fourth-order valence-corrected chi connectivity index (χ4v) is 8.02. The van der Waals surface area contributed by atoms with E-state index < -0.39 is 16.0 Å². The van der Waals surface area contributed by atoms with Crippen LogP contribution in [-0.2, 0) is 24.3 Å². The Kier molecular flexibility index (Phi) is 20.2. The number of anilines is 1. The standard InChI is InChI=1S/C44H66N2O6S/c1-35(21-14-15-24-38-29-30-42(52-34-38)37(3)44(47)48)22-18-23-36(2)33-51-32-17-13-11-9-7-6-8-10-12-16-31-45-53(49,50)43-28-20-25-39-40(43)26-19-27-41(39)46(4)5/h19-21,23-28,42,45H,3,6-18,22,29-34H2,1-2,4-5H3,(H,47,48)/b35-21+,36-23+,38-24-/t42-/m1/s1. The van der Waals surface area contributed by atoms with Crippen molar-refractivity contribution in [1.82, 2.24) is 4.72 Å². The van der Waals surface area contributed by atoms with Crippen LogP contribution in [0.15, 0.2) is 88.4 Å². The molecule has 0 unspecified atom stereocenters. The van der Waals surface area contributed by atoms with Crippen molar-refractivity contribution in [3.05, 3.63) is 83.5 Å². The first-order valence-electron chi connectivity index (χ1n) is 19.8. The van der Waals surface area contributed by atoms with Crippen LogP contribution in [0, 0.1) is 0 Å². The molecule has 0 aliphatic carbocycles. The molecule has 1 aliphatic heterocycles. The van der Waals surface area contributed by atoms with Crippen LogP contribution in [0.2, 0.25) is 0 Å². The van der Waals surface area contributed by atoms with E-state index in [4.69, 9.17) is 14.6 Å². The first-order chi connectivity index (χ1) is 25.5. The number of rotatable bonds is 26. The predicted octanol–water partition coefficient (Wildman–Crippen LogP) is 10.3. The summed E-state index contributed by atoms with van der Waals surface area (Å²) in [4.78, 5) is 13.4. The average Bonchev–Trinajstić information content (AvgIpc) is 3.14. The Balaban J connectivity index is 1.12. The van der Waals surface area contributed by atoms with Crippen LogP contribution in [0.1, 0.15) is 117 Å². The van der Waals surface area contributed by atoms with Gasteiger partial charge in [-0.1, -0.05) is 112 Å². The van der Waals surface area contributed by atoms with Gasteiger partial charge in [0.2, 0.25) is 10.0 Å². The first kappa shape index (κ1) is 44.2. The zero-order valence-electron chi connectivity index (χ0n) is 33.0. The van der Waals surface area contributed by atoms with Crippen molar-refractivity contribution >= 4 is 32.5 Å². The molecule has 1 fully saturated rings. The van der Waals surface area contributed by atoms with Crippen LogP contribution in [0.3, 0.4) is 0 Å². The van der Waals surface area contributed by atoms with Crippen molar-refractivity contribution in [1.29, 1.82) is 0 Å². The Morgan fingerprint density at radius 2 is 1.55 bits per heavy atom. The number of hydrogen-bond donors (Lipinski definition) is 2. The van der Waals surface area contributed by atoms with Crippen LogP contribution in [-0.4, -0.2) is 66.1 Å². The largest absolute Gasteiger partial charge is 0.478 e. The lowest BCUT2D eigenvalue weighted by molar-refractivity contribution is -0.134. The Morgan fingerprint density at radius 1 is 0.906 bits per heavy atom. The van der Waals surface area contributed by atoms with E-state index in [1.165, 1.54) is 55.2 Å². The van der Waals surface area contributed by atoms with Gasteiger partial charge in [0, 0.05) is 43.7 Å². The number of sulfonamides is 1. The smallest absolute Gasteiger partial charge is 0.333 e. The molecule has 0 bridgehead atoms. The highest BCUT2D eigenvalue weighted by molar-refractivity contribution is 7.89. The van der Waals surface area contributed by atoms with Crippen molar-refractivity contribution < 1.29 is 27.8 Å². The van der Waals surface area contributed by atoms with Crippen LogP contribution >= 0.6 is 0 Å². The second kappa shape index (κ2) is 24.2. The summed E-state index contributed by atoms with van der Waals surface area (Å²) >= 11 is 0. The van der Waals surface area contributed by atoms with E-state index >= 15 is 0 Å². The Bertz CT molecular complexity index is 1630. The van der Waals surface area contributed by atoms with Crippen molar-refractivity contribution in [3.63, 3.8) is 0 Å². The minimum atomic E-state index is -3.56. The number of benzene rings is 2. The molecule has 2 aromatic carbocycles. The summed E-state index contributed by atoms with van der Waals surface area (Å²) in [6.07, 6.45) is 23.7. The molecule has 1 aliphatic rings. The molecule has 1 atom stereocenters. The highest BCUT2D eigenvalue weighted by Gasteiger charge is 2.23. The number of allylic oxidation sites excluding steroid dienone is 4. The zero-order valence-corrected chi connectivity index (χ0v) is 33.8. The molecule has 294 valence electrons. The molecule has 8 nitrogen and oxygen atoms in total. The fraction of sp³-hybridized carbons (Fsp3) is 0.568. The first-order valence-corrected chi connectivity index (χ1v) is 21.3. The number of carboxylic acids is 1. The van der Waals surface area contributed by atoms with E-state index in [1.807, 2.05) is 49.3 Å². The van der Waals surface area contributed by atoms with Crippen molar-refractivity contribution in [2.45, 2.75) is 128 Å². The van der Waals surface area contributed by atoms with Gasteiger partial charge < -0.3 is 19.5 Å². The Labute approximate surface area is 320 Å². The summed E-state index contributed by atoms with van der Waals surface area (Å²) in [5.74, 6) is -0.975. The van der Waals surface area contributed by atoms with Gasteiger partial charge >= 0.3 is 5.97 Å². The monoisotopic (exact) mass is 750 g/mol. The fourth-order valence-electron chi connectivity index (χ4n) is 6.73. The van der Waals surface area contributed by atoms with E-state index in [1.54, 1.807) is 6.07 Å². The molecule has 1 heterocycles. The van der Waals surface area contributed by atoms with E-state index in [2.05, 4.69) is 43.4 Å². The van der Waals surface area contributed by atoms with Crippen molar-refractivity contribution in [2.24, 2.45) is 0 Å². The number of nitrogens with one attached hydrogen (secondary N) is 1. The molecule has 0 saturated carbocycles. The number of ether oxygens (including phenoxy) is 2. The third kappa shape index (κ3) is 16.3. The van der Waals surface area contributed by atoms with Gasteiger partial charge in [-0.3, -0.25) is 0 Å². The molecule has 1 saturated heterocycles. The summed E-state index contributed by atoms with van der Waals surface area (Å²) in [7, 11) is 0.374. The van der Waals surface area contributed by atoms with Gasteiger partial charge in [-0.15, -0.1) is 0 Å². The van der Waals surface area contributed by atoms with Crippen LogP contribution < -0.4 is 9.62 Å². The van der Waals surface area contributed by atoms with Gasteiger partial charge in [-0.05, 0) is 82.9 Å². The topological polar surface area (TPSA) is 105 Å². The lowest BCUT2D eigenvalue weighted by Crippen LogP contribution is -2.26. The molecule has 0 amide bonds. The minimum Gasteiger partial charge on any atom is -0.478 e. The molecule has 0 radical (unpaired) electrons. The van der Waals surface area contributed by atoms with E-state index in [-0.39, 0.29) is 11.7 Å². The summed E-state index contributed by atoms with van der Waals surface area (Å²) in [5.41, 5.74) is 5.11. The summed E-state index contributed by atoms with van der Waals surface area (Å²) < 4.78 is 40.6. The maximum atomic E-state index is 13.1. The SMILES string of the molecule is C=C(C(=O)O)[C@H]1CC/C(=C/CC/C=C(\C)CC/C=C(\C)COCCCCCCCCCCCCNS(=O)(=O)c2cccc3c(N(C)C)cccc23)CO1. The normalized spacial score (nSPS) is 16.4. The molecular formula is C44H66N2O6S. The Hall–Kier alpha value is -3.24. The number of fused-ring (bicyclic) bond motifs is 1. The number of hydrogen-bond acceptors (Lipinski definition) is 6. The zero-order chi connectivity index (χ0) is 38.5. The van der Waals surface area contributed by atoms with Crippen LogP contribution in [0.5, 0.6) is 0 Å². The van der Waals surface area contributed by atoms with Crippen molar-refractivity contribution in [2.75, 3.05) is 45.4 Å². The quantitative estimate of drug-likeness (QED) is 0.0560. The third-order valence-electron chi connectivity index (χ3n) is 9.95. The molecule has 2 aromatic rings. The third-order valence-corrected chi connectivity index (χ3v) is 11.5. The van der Waals surface area contributed by atoms with Gasteiger partial charge in [0.25, 0.3) is 0 Å². The molecule has 53 heavy (non-hydrogen) atoms. The summed E-state index contributed by atoms with van der Waals surface area (Å²) in [5, 5.41) is 10.8. The van der Waals surface area contributed by atoms with Gasteiger partial charge in [0.15, 0.2) is 0 Å². The van der Waals surface area contributed by atoms with Gasteiger partial charge in [0.1, 0.15) is 0 Å². The lowest BCUT2D eigenvalue weighted by atomic mass is 9.98. The number of carboxylic acid groups (broad SMARTS) is 1. The molecule has 0 aromatic heterocycles. The average molecular weight is 751 g/mol. The summed E-state index contributed by atoms with van der Waals surface area (Å²) in [6.45, 7) is 10.5. The van der Waals surface area contributed by atoms with Crippen molar-refractivity contribution in [3.8, 4) is 0 Å². The molecule has 9 heteroatoms. The highest BCUT2D eigenvalue weighted by atomic mass is 32.2. The van der Waals surface area contributed by atoms with E-state index in [0.29, 0.717) is 31.1 Å². The molecule has 0 spiro atoms. The van der Waals surface area contributed by atoms with Crippen LogP contribution in [0.25, 0.3) is 10.8 Å². The predicted molar refractivity (Wildman–Crippen MR) is 220 cm³/mol. The second-order valence-electron chi connectivity index (χ2n) is 14.8. The molecular weight excluding hydrogens is 685 g/mol. The number of unbranched alkanes of at least 4 members (excludes halogenated alkanes) is 10.